The Labute approximate surface area is 108 Å². The molecule has 19 heavy (non-hydrogen) atoms. The number of primary amides is 1. The minimum absolute atomic E-state index is 0.0786. The van der Waals surface area contributed by atoms with Crippen LogP contribution in [0.5, 0.6) is 0 Å². The Balaban J connectivity index is 2.49. The summed E-state index contributed by atoms with van der Waals surface area (Å²) in [6, 6.07) is 5.38. The minimum atomic E-state index is -3.82. The molecular weight excluding hydrogens is 270 g/mol. The highest BCUT2D eigenvalue weighted by Crippen LogP contribution is 2.20. The zero-order valence-corrected chi connectivity index (χ0v) is 10.5. The molecule has 0 saturated carbocycles. The molecule has 0 aliphatic carbocycles. The molecule has 2 rings (SSSR count). The van der Waals surface area contributed by atoms with Crippen molar-refractivity contribution < 1.29 is 13.2 Å². The molecule has 0 fully saturated rings. The Kier molecular flexibility index (Phi) is 3.00. The highest BCUT2D eigenvalue weighted by Gasteiger charge is 2.12. The summed E-state index contributed by atoms with van der Waals surface area (Å²) < 4.78 is 23.7. The van der Waals surface area contributed by atoms with Crippen LogP contribution in [0.3, 0.4) is 0 Å². The van der Waals surface area contributed by atoms with Crippen LogP contribution in [-0.2, 0) is 10.0 Å². The SMILES string of the molecule is NC(=O)c1ccn(-c2ccc(S(N)(=O)=O)cc2N)n1. The van der Waals surface area contributed by atoms with E-state index in [4.69, 9.17) is 16.6 Å². The van der Waals surface area contributed by atoms with Gasteiger partial charge in [0.2, 0.25) is 10.0 Å². The van der Waals surface area contributed by atoms with Crippen molar-refractivity contribution in [3.63, 3.8) is 0 Å². The van der Waals surface area contributed by atoms with E-state index >= 15 is 0 Å². The van der Waals surface area contributed by atoms with Crippen LogP contribution in [0.4, 0.5) is 5.69 Å². The minimum Gasteiger partial charge on any atom is -0.397 e. The van der Waals surface area contributed by atoms with Crippen LogP contribution in [0.2, 0.25) is 0 Å². The standard InChI is InChI=1S/C10H11N5O3S/c11-7-5-6(19(13,17)18)1-2-9(7)15-4-3-8(14-15)10(12)16/h1-5H,11H2,(H2,12,16)(H2,13,17,18). The number of rotatable bonds is 3. The summed E-state index contributed by atoms with van der Waals surface area (Å²) in [6.45, 7) is 0. The third-order valence-corrected chi connectivity index (χ3v) is 3.33. The number of nitrogens with two attached hydrogens (primary N) is 3. The van der Waals surface area contributed by atoms with Crippen molar-refractivity contribution >= 4 is 21.6 Å². The lowest BCUT2D eigenvalue weighted by Gasteiger charge is -2.07. The number of benzene rings is 1. The number of hydrogen-bond acceptors (Lipinski definition) is 5. The summed E-state index contributed by atoms with van der Waals surface area (Å²) in [5.74, 6) is -0.668. The number of hydrogen-bond donors (Lipinski definition) is 3. The molecule has 0 spiro atoms. The van der Waals surface area contributed by atoms with Crippen molar-refractivity contribution in [3.8, 4) is 5.69 Å². The van der Waals surface area contributed by atoms with Gasteiger partial charge in [0, 0.05) is 6.20 Å². The monoisotopic (exact) mass is 281 g/mol. The fraction of sp³-hybridized carbons (Fsp3) is 0. The van der Waals surface area contributed by atoms with E-state index in [1.54, 1.807) is 0 Å². The van der Waals surface area contributed by atoms with Gasteiger partial charge in [0.25, 0.3) is 5.91 Å². The Morgan fingerprint density at radius 1 is 1.26 bits per heavy atom. The smallest absolute Gasteiger partial charge is 0.269 e. The maximum atomic E-state index is 11.2. The summed E-state index contributed by atoms with van der Waals surface area (Å²) in [4.78, 5) is 10.8. The quantitative estimate of drug-likeness (QED) is 0.630. The van der Waals surface area contributed by atoms with E-state index in [0.29, 0.717) is 5.69 Å². The average molecular weight is 281 g/mol. The molecule has 2 aromatic rings. The van der Waals surface area contributed by atoms with Gasteiger partial charge in [-0.2, -0.15) is 5.10 Å². The fourth-order valence-corrected chi connectivity index (χ4v) is 2.06. The van der Waals surface area contributed by atoms with E-state index < -0.39 is 15.9 Å². The molecule has 0 aliphatic heterocycles. The Hall–Kier alpha value is -2.39. The van der Waals surface area contributed by atoms with Gasteiger partial charge in [-0.3, -0.25) is 4.79 Å². The zero-order chi connectivity index (χ0) is 14.2. The maximum absolute atomic E-state index is 11.2. The third-order valence-electron chi connectivity index (χ3n) is 2.42. The lowest BCUT2D eigenvalue weighted by Crippen LogP contribution is -2.14. The van der Waals surface area contributed by atoms with Crippen LogP contribution in [-0.4, -0.2) is 24.1 Å². The first-order valence-corrected chi connectivity index (χ1v) is 6.62. The van der Waals surface area contributed by atoms with Crippen LogP contribution >= 0.6 is 0 Å². The molecular formula is C10H11N5O3S. The normalized spacial score (nSPS) is 11.4. The molecule has 0 bridgehead atoms. The molecule has 1 aromatic carbocycles. The Bertz CT molecular complexity index is 750. The molecule has 0 atom stereocenters. The third kappa shape index (κ3) is 2.56. The first kappa shape index (κ1) is 13.1. The number of carbonyl (C=O) groups is 1. The molecule has 0 radical (unpaired) electrons. The summed E-state index contributed by atoms with van der Waals surface area (Å²) in [5.41, 5.74) is 11.5. The molecule has 1 heterocycles. The topological polar surface area (TPSA) is 147 Å². The van der Waals surface area contributed by atoms with Gasteiger partial charge in [-0.15, -0.1) is 0 Å². The highest BCUT2D eigenvalue weighted by molar-refractivity contribution is 7.89. The average Bonchev–Trinajstić information content (AvgIpc) is 2.76. The Morgan fingerprint density at radius 3 is 2.42 bits per heavy atom. The van der Waals surface area contributed by atoms with E-state index in [9.17, 15) is 13.2 Å². The highest BCUT2D eigenvalue weighted by atomic mass is 32.2. The van der Waals surface area contributed by atoms with E-state index in [1.807, 2.05) is 0 Å². The second kappa shape index (κ2) is 4.37. The maximum Gasteiger partial charge on any atom is 0.269 e. The first-order valence-electron chi connectivity index (χ1n) is 5.07. The predicted octanol–water partition coefficient (Wildman–Crippen LogP) is -0.799. The summed E-state index contributed by atoms with van der Waals surface area (Å²) in [5, 5.41) is 8.91. The summed E-state index contributed by atoms with van der Waals surface area (Å²) >= 11 is 0. The van der Waals surface area contributed by atoms with E-state index in [-0.39, 0.29) is 16.3 Å². The number of primary sulfonamides is 1. The van der Waals surface area contributed by atoms with Gasteiger partial charge >= 0.3 is 0 Å². The number of sulfonamides is 1. The molecule has 0 saturated heterocycles. The summed E-state index contributed by atoms with van der Waals surface area (Å²) in [6.07, 6.45) is 1.49. The van der Waals surface area contributed by atoms with Crippen molar-refractivity contribution in [2.45, 2.75) is 4.90 Å². The second-order valence-corrected chi connectivity index (χ2v) is 5.34. The van der Waals surface area contributed by atoms with Crippen molar-refractivity contribution in [1.82, 2.24) is 9.78 Å². The molecule has 1 aromatic heterocycles. The van der Waals surface area contributed by atoms with Gasteiger partial charge < -0.3 is 11.5 Å². The van der Waals surface area contributed by atoms with Crippen molar-refractivity contribution in [2.75, 3.05) is 5.73 Å². The molecule has 6 N–H and O–H groups in total. The van der Waals surface area contributed by atoms with E-state index in [1.165, 1.54) is 35.1 Å². The number of carbonyl (C=O) groups excluding carboxylic acids is 1. The van der Waals surface area contributed by atoms with Crippen LogP contribution in [0.15, 0.2) is 35.4 Å². The van der Waals surface area contributed by atoms with Gasteiger partial charge in [0.15, 0.2) is 0 Å². The van der Waals surface area contributed by atoms with Crippen molar-refractivity contribution in [2.24, 2.45) is 10.9 Å². The van der Waals surface area contributed by atoms with Gasteiger partial charge in [-0.05, 0) is 24.3 Å². The number of anilines is 1. The first-order chi connectivity index (χ1) is 8.79. The number of aromatic nitrogens is 2. The zero-order valence-electron chi connectivity index (χ0n) is 9.65. The lowest BCUT2D eigenvalue weighted by molar-refractivity contribution is 0.0995. The number of amides is 1. The van der Waals surface area contributed by atoms with Gasteiger partial charge in [-0.25, -0.2) is 18.2 Å². The molecule has 9 heteroatoms. The molecule has 1 amide bonds. The van der Waals surface area contributed by atoms with Gasteiger partial charge in [0.05, 0.1) is 16.3 Å². The predicted molar refractivity (Wildman–Crippen MR) is 67.9 cm³/mol. The second-order valence-electron chi connectivity index (χ2n) is 3.78. The van der Waals surface area contributed by atoms with Gasteiger partial charge in [0.1, 0.15) is 5.69 Å². The van der Waals surface area contributed by atoms with Crippen LogP contribution in [0.1, 0.15) is 10.5 Å². The van der Waals surface area contributed by atoms with E-state index in [2.05, 4.69) is 5.10 Å². The number of nitrogen functional groups attached to an aromatic ring is 1. The molecule has 100 valence electrons. The van der Waals surface area contributed by atoms with Crippen LogP contribution in [0.25, 0.3) is 5.69 Å². The fourth-order valence-electron chi connectivity index (χ4n) is 1.51. The summed E-state index contributed by atoms with van der Waals surface area (Å²) in [7, 11) is -3.82. The van der Waals surface area contributed by atoms with Gasteiger partial charge in [-0.1, -0.05) is 0 Å². The largest absolute Gasteiger partial charge is 0.397 e. The molecule has 8 nitrogen and oxygen atoms in total. The van der Waals surface area contributed by atoms with E-state index in [0.717, 1.165) is 0 Å². The number of nitrogens with zero attached hydrogens (tertiary/aromatic N) is 2. The van der Waals surface area contributed by atoms with Crippen molar-refractivity contribution in [3.05, 3.63) is 36.2 Å². The van der Waals surface area contributed by atoms with Crippen molar-refractivity contribution in [1.29, 1.82) is 0 Å². The lowest BCUT2D eigenvalue weighted by atomic mass is 10.3. The molecule has 0 aliphatic rings. The Morgan fingerprint density at radius 2 is 1.95 bits per heavy atom. The van der Waals surface area contributed by atoms with Crippen LogP contribution < -0.4 is 16.6 Å². The van der Waals surface area contributed by atoms with Crippen LogP contribution in [0, 0.1) is 0 Å². The molecule has 0 unspecified atom stereocenters.